The van der Waals surface area contributed by atoms with E-state index in [0.29, 0.717) is 4.90 Å². The number of rotatable bonds is 5. The van der Waals surface area contributed by atoms with Crippen LogP contribution in [-0.2, 0) is 10.8 Å². The molecule has 0 heterocycles. The molecule has 1 rings (SSSR count). The van der Waals surface area contributed by atoms with Gasteiger partial charge in [-0.2, -0.15) is 0 Å². The van der Waals surface area contributed by atoms with Crippen molar-refractivity contribution in [1.82, 2.24) is 0 Å². The van der Waals surface area contributed by atoms with E-state index in [1.54, 1.807) is 18.2 Å². The van der Waals surface area contributed by atoms with Crippen molar-refractivity contribution >= 4 is 10.8 Å². The van der Waals surface area contributed by atoms with Crippen LogP contribution >= 0.6 is 0 Å². The van der Waals surface area contributed by atoms with E-state index in [9.17, 15) is 4.21 Å². The largest absolute Gasteiger partial charge is 0.250 e. The van der Waals surface area contributed by atoms with Gasteiger partial charge in [0.2, 0.25) is 0 Å². The van der Waals surface area contributed by atoms with Crippen LogP contribution in [0.15, 0.2) is 46.7 Å². The van der Waals surface area contributed by atoms with Gasteiger partial charge in [0.25, 0.3) is 0 Å². The SMILES string of the molecule is [2H]/C(=C/CCCC)S(=O)c1ccccc1. The van der Waals surface area contributed by atoms with Gasteiger partial charge < -0.3 is 0 Å². The Morgan fingerprint density at radius 1 is 1.43 bits per heavy atom. The van der Waals surface area contributed by atoms with Crippen LogP contribution in [0.3, 0.4) is 0 Å². The Bertz CT molecular complexity index is 346. The second-order valence-corrected chi connectivity index (χ2v) is 4.29. The molecule has 0 aliphatic rings. The Hall–Kier alpha value is -0.890. The van der Waals surface area contributed by atoms with E-state index in [0.717, 1.165) is 19.3 Å². The number of allylic oxidation sites excluding steroid dienone is 1. The molecule has 1 atom stereocenters. The Morgan fingerprint density at radius 3 is 2.79 bits per heavy atom. The summed E-state index contributed by atoms with van der Waals surface area (Å²) in [5.74, 6) is 0. The van der Waals surface area contributed by atoms with Crippen molar-refractivity contribution in [3.63, 3.8) is 0 Å². The average Bonchev–Trinajstić information content (AvgIpc) is 2.29. The van der Waals surface area contributed by atoms with Gasteiger partial charge in [-0.3, -0.25) is 0 Å². The van der Waals surface area contributed by atoms with E-state index < -0.39 is 10.8 Å². The van der Waals surface area contributed by atoms with Crippen LogP contribution in [0.1, 0.15) is 27.6 Å². The summed E-state index contributed by atoms with van der Waals surface area (Å²) < 4.78 is 19.4. The zero-order valence-corrected chi connectivity index (χ0v) is 9.22. The maximum absolute atomic E-state index is 11.8. The van der Waals surface area contributed by atoms with Gasteiger partial charge in [0.15, 0.2) is 0 Å². The Labute approximate surface area is 89.7 Å². The molecule has 0 spiro atoms. The van der Waals surface area contributed by atoms with E-state index in [4.69, 9.17) is 1.37 Å². The minimum absolute atomic E-state index is 0.217. The van der Waals surface area contributed by atoms with Crippen molar-refractivity contribution in [1.29, 1.82) is 0 Å². The first-order valence-corrected chi connectivity index (χ1v) is 6.04. The number of benzene rings is 1. The maximum Gasteiger partial charge on any atom is 0.0772 e. The first-order chi connectivity index (χ1) is 7.25. The van der Waals surface area contributed by atoms with Crippen molar-refractivity contribution in [3.8, 4) is 0 Å². The molecule has 76 valence electrons. The highest BCUT2D eigenvalue weighted by atomic mass is 32.2. The molecule has 2 heteroatoms. The molecule has 0 fully saturated rings. The predicted molar refractivity (Wildman–Crippen MR) is 61.5 cm³/mol. The maximum atomic E-state index is 11.8. The highest BCUT2D eigenvalue weighted by molar-refractivity contribution is 7.88. The number of unbranched alkanes of at least 4 members (excludes halogenated alkanes) is 2. The van der Waals surface area contributed by atoms with Crippen LogP contribution in [0, 0.1) is 0 Å². The fraction of sp³-hybridized carbons (Fsp3) is 0.333. The quantitative estimate of drug-likeness (QED) is 0.678. The fourth-order valence-corrected chi connectivity index (χ4v) is 1.86. The molecule has 1 aromatic carbocycles. The van der Waals surface area contributed by atoms with E-state index in [1.807, 2.05) is 18.2 Å². The van der Waals surface area contributed by atoms with Gasteiger partial charge in [0, 0.05) is 10.3 Å². The van der Waals surface area contributed by atoms with Gasteiger partial charge in [0.05, 0.1) is 12.2 Å². The summed E-state index contributed by atoms with van der Waals surface area (Å²) in [4.78, 5) is 0.704. The molecule has 0 aliphatic heterocycles. The normalized spacial score (nSPS) is 14.9. The molecule has 0 amide bonds. The molecule has 14 heavy (non-hydrogen) atoms. The Kier molecular flexibility index (Phi) is 4.52. The molecule has 0 aliphatic carbocycles. The Balaban J connectivity index is 2.65. The smallest absolute Gasteiger partial charge is 0.0772 e. The van der Waals surface area contributed by atoms with Gasteiger partial charge in [-0.15, -0.1) is 0 Å². The second-order valence-electron chi connectivity index (χ2n) is 3.05. The van der Waals surface area contributed by atoms with E-state index >= 15 is 0 Å². The topological polar surface area (TPSA) is 17.1 Å². The van der Waals surface area contributed by atoms with Crippen molar-refractivity contribution in [2.75, 3.05) is 0 Å². The molecule has 0 saturated carbocycles. The summed E-state index contributed by atoms with van der Waals surface area (Å²) in [5, 5.41) is 0.217. The lowest BCUT2D eigenvalue weighted by molar-refractivity contribution is 0.688. The summed E-state index contributed by atoms with van der Waals surface area (Å²) in [5.41, 5.74) is 0. The average molecular weight is 209 g/mol. The summed E-state index contributed by atoms with van der Waals surface area (Å²) in [6.07, 6.45) is 4.75. The number of hydrogen-bond acceptors (Lipinski definition) is 1. The standard InChI is InChI=1S/C12H16OS/c1-2-3-4-8-11-14(13)12-9-6-5-7-10-12/h5-11H,2-4H2,1H3/b11-8-/i11D. The number of hydrogen-bond donors (Lipinski definition) is 0. The molecule has 0 N–H and O–H groups in total. The molecule has 0 aromatic heterocycles. The molecule has 1 unspecified atom stereocenters. The van der Waals surface area contributed by atoms with Crippen LogP contribution in [0.5, 0.6) is 0 Å². The van der Waals surface area contributed by atoms with Gasteiger partial charge in [-0.05, 0) is 18.6 Å². The molecule has 0 radical (unpaired) electrons. The summed E-state index contributed by atoms with van der Waals surface area (Å²) >= 11 is 0. The van der Waals surface area contributed by atoms with Crippen LogP contribution in [0.25, 0.3) is 0 Å². The predicted octanol–water partition coefficient (Wildman–Crippen LogP) is 3.50. The molecule has 0 bridgehead atoms. The molecular weight excluding hydrogens is 192 g/mol. The third-order valence-electron chi connectivity index (χ3n) is 1.85. The van der Waals surface area contributed by atoms with Crippen molar-refractivity contribution in [2.24, 2.45) is 0 Å². The second kappa shape index (κ2) is 6.55. The monoisotopic (exact) mass is 209 g/mol. The van der Waals surface area contributed by atoms with Crippen LogP contribution in [0.2, 0.25) is 0 Å². The van der Waals surface area contributed by atoms with E-state index in [1.165, 1.54) is 0 Å². The molecule has 1 aromatic rings. The van der Waals surface area contributed by atoms with Crippen molar-refractivity contribution in [2.45, 2.75) is 31.1 Å². The lowest BCUT2D eigenvalue weighted by atomic mass is 10.2. The third-order valence-corrected chi connectivity index (χ3v) is 2.93. The summed E-state index contributed by atoms with van der Waals surface area (Å²) in [6.45, 7) is 2.10. The van der Waals surface area contributed by atoms with E-state index in [2.05, 4.69) is 6.92 Å². The van der Waals surface area contributed by atoms with Crippen molar-refractivity contribution in [3.05, 3.63) is 41.8 Å². The van der Waals surface area contributed by atoms with E-state index in [-0.39, 0.29) is 5.38 Å². The highest BCUT2D eigenvalue weighted by Gasteiger charge is 1.95. The Morgan fingerprint density at radius 2 is 2.14 bits per heavy atom. The van der Waals surface area contributed by atoms with Crippen LogP contribution in [-0.4, -0.2) is 4.21 Å². The third kappa shape index (κ3) is 3.88. The fourth-order valence-electron chi connectivity index (χ4n) is 1.05. The van der Waals surface area contributed by atoms with Gasteiger partial charge >= 0.3 is 0 Å². The summed E-state index contributed by atoms with van der Waals surface area (Å²) in [7, 11) is -1.30. The summed E-state index contributed by atoms with van der Waals surface area (Å²) in [6, 6.07) is 9.14. The minimum atomic E-state index is -1.30. The minimum Gasteiger partial charge on any atom is -0.250 e. The zero-order chi connectivity index (χ0) is 11.1. The van der Waals surface area contributed by atoms with Crippen LogP contribution < -0.4 is 0 Å². The van der Waals surface area contributed by atoms with Crippen LogP contribution in [0.4, 0.5) is 0 Å². The lowest BCUT2D eigenvalue weighted by Gasteiger charge is -1.94. The van der Waals surface area contributed by atoms with Gasteiger partial charge in [-0.1, -0.05) is 44.0 Å². The first kappa shape index (κ1) is 9.66. The van der Waals surface area contributed by atoms with Gasteiger partial charge in [-0.25, -0.2) is 4.21 Å². The molecular formula is C12H16OS. The lowest BCUT2D eigenvalue weighted by Crippen LogP contribution is -1.84. The van der Waals surface area contributed by atoms with Gasteiger partial charge in [0.1, 0.15) is 0 Å². The highest BCUT2D eigenvalue weighted by Crippen LogP contribution is 2.07. The van der Waals surface area contributed by atoms with Crippen molar-refractivity contribution < 1.29 is 5.58 Å². The first-order valence-electron chi connectivity index (χ1n) is 5.39. The molecule has 1 nitrogen and oxygen atoms in total. The molecule has 0 saturated heterocycles. The zero-order valence-electron chi connectivity index (χ0n) is 9.40.